The van der Waals surface area contributed by atoms with Gasteiger partial charge in [-0.1, -0.05) is 0 Å². The molecule has 27 heavy (non-hydrogen) atoms. The van der Waals surface area contributed by atoms with Crippen LogP contribution in [-0.4, -0.2) is 40.5 Å². The molecule has 0 radical (unpaired) electrons. The highest BCUT2D eigenvalue weighted by molar-refractivity contribution is 5.59. The van der Waals surface area contributed by atoms with Crippen molar-refractivity contribution >= 4 is 11.4 Å². The van der Waals surface area contributed by atoms with E-state index in [1.165, 1.54) is 0 Å². The molecule has 1 saturated heterocycles. The molecule has 1 aliphatic heterocycles. The maximum absolute atomic E-state index is 13.5. The van der Waals surface area contributed by atoms with Crippen LogP contribution in [0.3, 0.4) is 0 Å². The van der Waals surface area contributed by atoms with Crippen molar-refractivity contribution in [2.45, 2.75) is 32.7 Å². The number of nitro groups is 1. The van der Waals surface area contributed by atoms with Crippen LogP contribution in [0.4, 0.5) is 24.5 Å². The van der Waals surface area contributed by atoms with Crippen LogP contribution in [0.5, 0.6) is 0 Å². The zero-order chi connectivity index (χ0) is 19.8. The van der Waals surface area contributed by atoms with E-state index in [0.717, 1.165) is 23.5 Å². The first-order valence-electron chi connectivity index (χ1n) is 8.38. The Hall–Kier alpha value is -2.62. The topological polar surface area (TPSA) is 73.4 Å². The number of hydrogen-bond acceptors (Lipinski definition) is 5. The number of ether oxygens (including phenoxy) is 1. The summed E-state index contributed by atoms with van der Waals surface area (Å²) in [4.78, 5) is 11.6. The monoisotopic (exact) mass is 384 g/mol. The minimum Gasteiger partial charge on any atom is -0.373 e. The van der Waals surface area contributed by atoms with Crippen molar-refractivity contribution in [2.75, 3.05) is 24.6 Å². The minimum absolute atomic E-state index is 0.0743. The number of nitrogens with zero attached hydrogens (tertiary/aromatic N) is 4. The lowest BCUT2D eigenvalue weighted by Crippen LogP contribution is -2.45. The van der Waals surface area contributed by atoms with Gasteiger partial charge in [-0.05, 0) is 26.0 Å². The minimum atomic E-state index is -4.69. The van der Waals surface area contributed by atoms with Crippen molar-refractivity contribution in [3.05, 3.63) is 51.3 Å². The second kappa shape index (κ2) is 7.18. The summed E-state index contributed by atoms with van der Waals surface area (Å²) in [6.07, 6.45) is -5.03. The number of halogens is 3. The van der Waals surface area contributed by atoms with E-state index < -0.39 is 22.4 Å². The average Bonchev–Trinajstić information content (AvgIpc) is 2.91. The van der Waals surface area contributed by atoms with Crippen molar-refractivity contribution in [1.82, 2.24) is 9.78 Å². The molecular formula is C17H19F3N4O3. The summed E-state index contributed by atoms with van der Waals surface area (Å²) in [6.45, 7) is 4.96. The van der Waals surface area contributed by atoms with Gasteiger partial charge in [0.15, 0.2) is 0 Å². The van der Waals surface area contributed by atoms with Crippen LogP contribution in [-0.2, 0) is 17.5 Å². The number of benzene rings is 1. The largest absolute Gasteiger partial charge is 0.418 e. The second-order valence-electron chi connectivity index (χ2n) is 6.50. The predicted octanol–water partition coefficient (Wildman–Crippen LogP) is 3.33. The molecule has 1 aliphatic rings. The van der Waals surface area contributed by atoms with Crippen molar-refractivity contribution in [3.8, 4) is 0 Å². The summed E-state index contributed by atoms with van der Waals surface area (Å²) in [5, 5.41) is 15.2. The van der Waals surface area contributed by atoms with Gasteiger partial charge in [-0.2, -0.15) is 18.3 Å². The van der Waals surface area contributed by atoms with Gasteiger partial charge in [-0.25, -0.2) is 0 Å². The first-order valence-corrected chi connectivity index (χ1v) is 8.38. The number of hydrogen-bond donors (Lipinski definition) is 0. The van der Waals surface area contributed by atoms with Crippen LogP contribution in [0.2, 0.25) is 0 Å². The predicted molar refractivity (Wildman–Crippen MR) is 91.8 cm³/mol. The van der Waals surface area contributed by atoms with E-state index >= 15 is 0 Å². The molecular weight excluding hydrogens is 365 g/mol. The summed E-state index contributed by atoms with van der Waals surface area (Å²) < 4.78 is 47.8. The molecule has 1 aromatic heterocycles. The molecule has 0 saturated carbocycles. The first-order chi connectivity index (χ1) is 12.6. The molecule has 2 heterocycles. The molecule has 0 aliphatic carbocycles. The molecule has 146 valence electrons. The Morgan fingerprint density at radius 2 is 2.07 bits per heavy atom. The fourth-order valence-corrected chi connectivity index (χ4v) is 3.24. The molecule has 1 unspecified atom stereocenters. The lowest BCUT2D eigenvalue weighted by molar-refractivity contribution is -0.385. The lowest BCUT2D eigenvalue weighted by atomic mass is 10.1. The van der Waals surface area contributed by atoms with Crippen LogP contribution in [0.25, 0.3) is 0 Å². The van der Waals surface area contributed by atoms with E-state index in [0.29, 0.717) is 12.6 Å². The van der Waals surface area contributed by atoms with E-state index in [2.05, 4.69) is 5.10 Å². The number of rotatable bonds is 4. The molecule has 2 aromatic rings. The third-order valence-electron chi connectivity index (χ3n) is 4.46. The normalized spacial score (nSPS) is 18.0. The number of nitro benzene ring substituents is 1. The van der Waals surface area contributed by atoms with Crippen molar-refractivity contribution < 1.29 is 22.8 Å². The standard InChI is InChI=1S/C17H19F3N4O3/c1-11-7-12(2)23(21-11)10-14-9-22(5-6-27-14)16-4-3-13(24(25)26)8-15(16)17(18,19)20/h3-4,7-8,14H,5-6,9-10H2,1-2H3. The highest BCUT2D eigenvalue weighted by Crippen LogP contribution is 2.39. The molecule has 7 nitrogen and oxygen atoms in total. The van der Waals surface area contributed by atoms with Crippen molar-refractivity contribution in [3.63, 3.8) is 0 Å². The summed E-state index contributed by atoms with van der Waals surface area (Å²) >= 11 is 0. The number of alkyl halides is 3. The van der Waals surface area contributed by atoms with E-state index in [1.807, 2.05) is 19.9 Å². The second-order valence-corrected chi connectivity index (χ2v) is 6.50. The Labute approximate surface area is 153 Å². The van der Waals surface area contributed by atoms with Gasteiger partial charge < -0.3 is 9.64 Å². The van der Waals surface area contributed by atoms with Gasteiger partial charge in [-0.15, -0.1) is 0 Å². The Morgan fingerprint density at radius 3 is 2.67 bits per heavy atom. The maximum Gasteiger partial charge on any atom is 0.418 e. The fraction of sp³-hybridized carbons (Fsp3) is 0.471. The Bertz CT molecular complexity index is 850. The zero-order valence-electron chi connectivity index (χ0n) is 14.9. The third kappa shape index (κ3) is 4.21. The molecule has 0 amide bonds. The maximum atomic E-state index is 13.5. The lowest BCUT2D eigenvalue weighted by Gasteiger charge is -2.35. The fourth-order valence-electron chi connectivity index (χ4n) is 3.24. The molecule has 0 spiro atoms. The highest BCUT2D eigenvalue weighted by Gasteiger charge is 2.37. The van der Waals surface area contributed by atoms with Crippen molar-refractivity contribution in [2.24, 2.45) is 0 Å². The van der Waals surface area contributed by atoms with Gasteiger partial charge in [0, 0.05) is 36.6 Å². The molecule has 1 aromatic carbocycles. The summed E-state index contributed by atoms with van der Waals surface area (Å²) in [7, 11) is 0. The molecule has 10 heteroatoms. The molecule has 0 N–H and O–H groups in total. The van der Waals surface area contributed by atoms with Crippen LogP contribution >= 0.6 is 0 Å². The van der Waals surface area contributed by atoms with Gasteiger partial charge in [0.25, 0.3) is 5.69 Å². The number of aromatic nitrogens is 2. The Balaban J connectivity index is 1.85. The zero-order valence-corrected chi connectivity index (χ0v) is 14.9. The van der Waals surface area contributed by atoms with Gasteiger partial charge in [-0.3, -0.25) is 14.8 Å². The van der Waals surface area contributed by atoms with Gasteiger partial charge in [0.05, 0.1) is 35.4 Å². The van der Waals surface area contributed by atoms with E-state index in [1.54, 1.807) is 9.58 Å². The van der Waals surface area contributed by atoms with Crippen LogP contribution in [0, 0.1) is 24.0 Å². The van der Waals surface area contributed by atoms with E-state index in [4.69, 9.17) is 4.74 Å². The van der Waals surface area contributed by atoms with Gasteiger partial charge in [0.1, 0.15) is 0 Å². The number of non-ortho nitro benzene ring substituents is 1. The Morgan fingerprint density at radius 1 is 1.33 bits per heavy atom. The SMILES string of the molecule is Cc1cc(C)n(CC2CN(c3ccc([N+](=O)[O-])cc3C(F)(F)F)CCO2)n1. The van der Waals surface area contributed by atoms with Crippen molar-refractivity contribution in [1.29, 1.82) is 0 Å². The quantitative estimate of drug-likeness (QED) is 0.597. The molecule has 3 rings (SSSR count). The smallest absolute Gasteiger partial charge is 0.373 e. The average molecular weight is 384 g/mol. The third-order valence-corrected chi connectivity index (χ3v) is 4.46. The summed E-state index contributed by atoms with van der Waals surface area (Å²) in [5.74, 6) is 0. The van der Waals surface area contributed by atoms with Crippen LogP contribution < -0.4 is 4.90 Å². The summed E-state index contributed by atoms with van der Waals surface area (Å²) in [5.41, 5.74) is 0.131. The highest BCUT2D eigenvalue weighted by atomic mass is 19.4. The first kappa shape index (κ1) is 19.2. The van der Waals surface area contributed by atoms with Crippen LogP contribution in [0.1, 0.15) is 17.0 Å². The molecule has 1 fully saturated rings. The number of aryl methyl sites for hydroxylation is 2. The van der Waals surface area contributed by atoms with Gasteiger partial charge in [0.2, 0.25) is 0 Å². The van der Waals surface area contributed by atoms with E-state index in [9.17, 15) is 23.3 Å². The summed E-state index contributed by atoms with van der Waals surface area (Å²) in [6, 6.07) is 4.75. The molecule has 0 bridgehead atoms. The number of morpholine rings is 1. The van der Waals surface area contributed by atoms with E-state index in [-0.39, 0.29) is 31.5 Å². The number of anilines is 1. The molecule has 1 atom stereocenters. The van der Waals surface area contributed by atoms with Crippen LogP contribution in [0.15, 0.2) is 24.3 Å². The Kier molecular flexibility index (Phi) is 5.09. The van der Waals surface area contributed by atoms with Gasteiger partial charge >= 0.3 is 6.18 Å².